The summed E-state index contributed by atoms with van der Waals surface area (Å²) in [5.74, 6) is -1.12. The first-order chi connectivity index (χ1) is 11.9. The monoisotopic (exact) mass is 346 g/mol. The Hall–Kier alpha value is -2.37. The Kier molecular flexibility index (Phi) is 6.98. The van der Waals surface area contributed by atoms with Crippen molar-refractivity contribution in [1.82, 2.24) is 10.6 Å². The largest absolute Gasteiger partial charge is 0.455 e. The van der Waals surface area contributed by atoms with Gasteiger partial charge in [-0.1, -0.05) is 37.5 Å². The molecule has 25 heavy (non-hydrogen) atoms. The van der Waals surface area contributed by atoms with Crippen molar-refractivity contribution in [2.24, 2.45) is 0 Å². The molecule has 6 heteroatoms. The van der Waals surface area contributed by atoms with Gasteiger partial charge in [0.2, 0.25) is 0 Å². The lowest BCUT2D eigenvalue weighted by Crippen LogP contribution is -2.46. The molecule has 0 aromatic heterocycles. The van der Waals surface area contributed by atoms with Crippen molar-refractivity contribution < 1.29 is 19.1 Å². The number of rotatable bonds is 5. The Morgan fingerprint density at radius 1 is 1.08 bits per heavy atom. The molecule has 136 valence electrons. The number of esters is 1. The maximum absolute atomic E-state index is 11.8. The van der Waals surface area contributed by atoms with Gasteiger partial charge in [0.1, 0.15) is 0 Å². The number of carbonyl (C=O) groups excluding carboxylic acids is 3. The van der Waals surface area contributed by atoms with Crippen molar-refractivity contribution >= 4 is 17.9 Å². The lowest BCUT2D eigenvalue weighted by atomic mass is 9.96. The van der Waals surface area contributed by atoms with Gasteiger partial charge < -0.3 is 10.1 Å². The standard InChI is InChI=1S/C19H26N2O4/c1-13-8-9-15(10-14(13)2)11-18(23)25-12-17(22)21-19(24)20-16-6-4-3-5-7-16/h8-10,16H,3-7,11-12H2,1-2H3,(H2,20,21,22,24). The smallest absolute Gasteiger partial charge is 0.321 e. The lowest BCUT2D eigenvalue weighted by molar-refractivity contribution is -0.147. The van der Waals surface area contributed by atoms with Crippen LogP contribution in [0.3, 0.4) is 0 Å². The molecular formula is C19H26N2O4. The van der Waals surface area contributed by atoms with E-state index in [4.69, 9.17) is 4.74 Å². The summed E-state index contributed by atoms with van der Waals surface area (Å²) >= 11 is 0. The van der Waals surface area contributed by atoms with E-state index < -0.39 is 24.5 Å². The van der Waals surface area contributed by atoms with Gasteiger partial charge in [-0.2, -0.15) is 0 Å². The van der Waals surface area contributed by atoms with Gasteiger partial charge in [-0.25, -0.2) is 4.79 Å². The van der Waals surface area contributed by atoms with E-state index in [1.807, 2.05) is 32.0 Å². The molecule has 0 bridgehead atoms. The maximum atomic E-state index is 11.8. The molecule has 0 saturated heterocycles. The third kappa shape index (κ3) is 6.57. The maximum Gasteiger partial charge on any atom is 0.321 e. The molecule has 0 unspecified atom stereocenters. The van der Waals surface area contributed by atoms with Crippen molar-refractivity contribution in [3.8, 4) is 0 Å². The molecule has 6 nitrogen and oxygen atoms in total. The zero-order chi connectivity index (χ0) is 18.2. The van der Waals surface area contributed by atoms with Crippen LogP contribution < -0.4 is 10.6 Å². The molecule has 1 saturated carbocycles. The van der Waals surface area contributed by atoms with Crippen LogP contribution in [-0.2, 0) is 20.7 Å². The molecule has 0 atom stereocenters. The van der Waals surface area contributed by atoms with Crippen LogP contribution >= 0.6 is 0 Å². The first-order valence-corrected chi connectivity index (χ1v) is 8.76. The van der Waals surface area contributed by atoms with E-state index in [9.17, 15) is 14.4 Å². The topological polar surface area (TPSA) is 84.5 Å². The van der Waals surface area contributed by atoms with Gasteiger partial charge >= 0.3 is 12.0 Å². The van der Waals surface area contributed by atoms with Gasteiger partial charge in [-0.15, -0.1) is 0 Å². The average Bonchev–Trinajstić information content (AvgIpc) is 2.57. The van der Waals surface area contributed by atoms with Crippen molar-refractivity contribution in [3.05, 3.63) is 34.9 Å². The van der Waals surface area contributed by atoms with Crippen LogP contribution in [0.4, 0.5) is 4.79 Å². The fourth-order valence-corrected chi connectivity index (χ4v) is 2.91. The predicted octanol–water partition coefficient (Wildman–Crippen LogP) is 2.55. The SMILES string of the molecule is Cc1ccc(CC(=O)OCC(=O)NC(=O)NC2CCCCC2)cc1C. The van der Waals surface area contributed by atoms with Crippen LogP contribution in [-0.4, -0.2) is 30.6 Å². The van der Waals surface area contributed by atoms with Crippen LogP contribution in [0.2, 0.25) is 0 Å². The number of nitrogens with one attached hydrogen (secondary N) is 2. The third-order valence-electron chi connectivity index (χ3n) is 4.48. The number of benzene rings is 1. The molecule has 0 radical (unpaired) electrons. The summed E-state index contributed by atoms with van der Waals surface area (Å²) in [6.45, 7) is 3.52. The molecule has 2 rings (SSSR count). The van der Waals surface area contributed by atoms with Crippen LogP contribution in [0, 0.1) is 13.8 Å². The number of carbonyl (C=O) groups is 3. The van der Waals surface area contributed by atoms with Gasteiger partial charge in [0.25, 0.3) is 5.91 Å². The molecule has 3 amide bonds. The van der Waals surface area contributed by atoms with E-state index >= 15 is 0 Å². The highest BCUT2D eigenvalue weighted by molar-refractivity contribution is 5.95. The summed E-state index contributed by atoms with van der Waals surface area (Å²) in [4.78, 5) is 35.3. The zero-order valence-corrected chi connectivity index (χ0v) is 14.9. The average molecular weight is 346 g/mol. The normalized spacial score (nSPS) is 14.6. The molecule has 1 aliphatic rings. The fraction of sp³-hybridized carbons (Fsp3) is 0.526. The second kappa shape index (κ2) is 9.20. The Balaban J connectivity index is 1.68. The van der Waals surface area contributed by atoms with Gasteiger partial charge in [-0.3, -0.25) is 14.9 Å². The molecular weight excluding hydrogens is 320 g/mol. The van der Waals surface area contributed by atoms with Crippen molar-refractivity contribution in [1.29, 1.82) is 0 Å². The van der Waals surface area contributed by atoms with Crippen LogP contribution in [0.5, 0.6) is 0 Å². The Morgan fingerprint density at radius 3 is 2.48 bits per heavy atom. The number of ether oxygens (including phenoxy) is 1. The van der Waals surface area contributed by atoms with Crippen molar-refractivity contribution in [2.45, 2.75) is 58.4 Å². The molecule has 0 aliphatic heterocycles. The number of hydrogen-bond donors (Lipinski definition) is 2. The Bertz CT molecular complexity index is 636. The van der Waals surface area contributed by atoms with Crippen LogP contribution in [0.1, 0.15) is 48.8 Å². The Labute approximate surface area is 148 Å². The van der Waals surface area contributed by atoms with Gasteiger partial charge in [0, 0.05) is 6.04 Å². The number of hydrogen-bond acceptors (Lipinski definition) is 4. The lowest BCUT2D eigenvalue weighted by Gasteiger charge is -2.22. The van der Waals surface area contributed by atoms with Crippen LogP contribution in [0.15, 0.2) is 18.2 Å². The van der Waals surface area contributed by atoms with E-state index in [1.54, 1.807) is 0 Å². The summed E-state index contributed by atoms with van der Waals surface area (Å²) in [5.41, 5.74) is 3.09. The quantitative estimate of drug-likeness (QED) is 0.803. The highest BCUT2D eigenvalue weighted by Gasteiger charge is 2.17. The number of amides is 3. The molecule has 1 fully saturated rings. The van der Waals surface area contributed by atoms with E-state index in [2.05, 4.69) is 10.6 Å². The molecule has 1 aromatic rings. The highest BCUT2D eigenvalue weighted by Crippen LogP contribution is 2.17. The molecule has 1 aliphatic carbocycles. The summed E-state index contributed by atoms with van der Waals surface area (Å²) in [7, 11) is 0. The van der Waals surface area contributed by atoms with E-state index in [-0.39, 0.29) is 12.5 Å². The number of urea groups is 1. The third-order valence-corrected chi connectivity index (χ3v) is 4.48. The molecule has 0 spiro atoms. The zero-order valence-electron chi connectivity index (χ0n) is 14.9. The number of imide groups is 1. The fourth-order valence-electron chi connectivity index (χ4n) is 2.91. The number of aryl methyl sites for hydroxylation is 2. The molecule has 2 N–H and O–H groups in total. The second-order valence-electron chi connectivity index (χ2n) is 6.61. The van der Waals surface area contributed by atoms with Crippen molar-refractivity contribution in [3.63, 3.8) is 0 Å². The van der Waals surface area contributed by atoms with Gasteiger partial charge in [0.15, 0.2) is 6.61 Å². The first kappa shape index (κ1) is 19.0. The first-order valence-electron chi connectivity index (χ1n) is 8.76. The summed E-state index contributed by atoms with van der Waals surface area (Å²) in [5, 5.41) is 4.97. The summed E-state index contributed by atoms with van der Waals surface area (Å²) in [6, 6.07) is 5.33. The second-order valence-corrected chi connectivity index (χ2v) is 6.61. The van der Waals surface area contributed by atoms with E-state index in [1.165, 1.54) is 6.42 Å². The minimum Gasteiger partial charge on any atom is -0.455 e. The van der Waals surface area contributed by atoms with E-state index in [0.29, 0.717) is 0 Å². The molecule has 0 heterocycles. The minimum atomic E-state index is -0.623. The molecule has 1 aromatic carbocycles. The minimum absolute atomic E-state index is 0.0999. The van der Waals surface area contributed by atoms with Gasteiger partial charge in [0.05, 0.1) is 6.42 Å². The van der Waals surface area contributed by atoms with Crippen molar-refractivity contribution in [2.75, 3.05) is 6.61 Å². The highest BCUT2D eigenvalue weighted by atomic mass is 16.5. The van der Waals surface area contributed by atoms with Gasteiger partial charge in [-0.05, 0) is 43.4 Å². The van der Waals surface area contributed by atoms with E-state index in [0.717, 1.165) is 42.4 Å². The Morgan fingerprint density at radius 2 is 1.80 bits per heavy atom. The summed E-state index contributed by atoms with van der Waals surface area (Å²) in [6.07, 6.45) is 5.35. The predicted molar refractivity (Wildman–Crippen MR) is 94.1 cm³/mol. The van der Waals surface area contributed by atoms with Crippen LogP contribution in [0.25, 0.3) is 0 Å². The summed E-state index contributed by atoms with van der Waals surface area (Å²) < 4.78 is 4.94.